The van der Waals surface area contributed by atoms with Crippen LogP contribution >= 0.6 is 0 Å². The number of likely N-dealkylation sites (N-methyl/N-ethyl adjacent to an activating group) is 1. The second-order valence-electron chi connectivity index (χ2n) is 8.86. The van der Waals surface area contributed by atoms with E-state index in [-0.39, 0.29) is 5.91 Å². The number of rotatable bonds is 4. The van der Waals surface area contributed by atoms with E-state index in [0.29, 0.717) is 30.0 Å². The molecule has 2 heterocycles. The van der Waals surface area contributed by atoms with Gasteiger partial charge in [0.1, 0.15) is 5.75 Å². The van der Waals surface area contributed by atoms with Crippen molar-refractivity contribution in [1.29, 1.82) is 0 Å². The third-order valence-electron chi connectivity index (χ3n) is 7.02. The number of aromatic nitrogens is 1. The number of nitrogens with zero attached hydrogens (tertiary/aromatic N) is 2. The molecule has 0 spiro atoms. The summed E-state index contributed by atoms with van der Waals surface area (Å²) in [7, 11) is 6.01. The number of carbonyl (C=O) groups is 1. The number of fused-ring (bicyclic) bond motifs is 2. The molecule has 3 aromatic rings. The Balaban J connectivity index is 1.32. The van der Waals surface area contributed by atoms with E-state index in [1.165, 1.54) is 22.0 Å². The van der Waals surface area contributed by atoms with Crippen LogP contribution < -0.4 is 10.1 Å². The van der Waals surface area contributed by atoms with Gasteiger partial charge in [0.25, 0.3) is 5.91 Å². The molecule has 1 aliphatic heterocycles. The number of amides is 1. The van der Waals surface area contributed by atoms with E-state index in [4.69, 9.17) is 4.74 Å². The Kier molecular flexibility index (Phi) is 4.78. The lowest BCUT2D eigenvalue weighted by atomic mass is 9.72. The van der Waals surface area contributed by atoms with Crippen LogP contribution in [0.5, 0.6) is 5.75 Å². The van der Waals surface area contributed by atoms with E-state index in [0.717, 1.165) is 25.1 Å². The number of carbonyl (C=O) groups excluding carboxylic acids is 1. The van der Waals surface area contributed by atoms with E-state index in [2.05, 4.69) is 53.3 Å². The molecule has 156 valence electrons. The minimum atomic E-state index is -0.0153. The monoisotopic (exact) mass is 403 g/mol. The maximum absolute atomic E-state index is 12.6. The van der Waals surface area contributed by atoms with Gasteiger partial charge in [-0.2, -0.15) is 0 Å². The van der Waals surface area contributed by atoms with Gasteiger partial charge in [-0.3, -0.25) is 4.79 Å². The molecule has 1 saturated heterocycles. The summed E-state index contributed by atoms with van der Waals surface area (Å²) in [6, 6.07) is 14.6. The summed E-state index contributed by atoms with van der Waals surface area (Å²) in [5, 5.41) is 4.62. The quantitative estimate of drug-likeness (QED) is 0.724. The molecule has 1 N–H and O–H groups in total. The second-order valence-corrected chi connectivity index (χ2v) is 8.86. The number of likely N-dealkylation sites (tertiary alicyclic amines) is 1. The smallest absolute Gasteiger partial charge is 0.251 e. The van der Waals surface area contributed by atoms with E-state index in [1.54, 1.807) is 7.11 Å². The highest BCUT2D eigenvalue weighted by atomic mass is 16.5. The molecule has 1 amide bonds. The van der Waals surface area contributed by atoms with E-state index in [9.17, 15) is 4.79 Å². The number of nitrogens with one attached hydrogen (secondary N) is 1. The standard InChI is InChI=1S/C25H29N3O2/c1-27-14-16(13-26-25(29)17-7-9-19(30-3)10-8-17)11-21-20-5-4-6-22-24(20)18(12-23(21)27)15-28(22)2/h4-10,15-16,21,23H,11-14H2,1-3H3,(H,26,29)/t16-,21+,23+/m0/s1. The zero-order valence-electron chi connectivity index (χ0n) is 17.9. The number of piperidine rings is 1. The molecule has 5 rings (SSSR count). The Morgan fingerprint density at radius 3 is 2.73 bits per heavy atom. The van der Waals surface area contributed by atoms with Gasteiger partial charge in [-0.15, -0.1) is 0 Å². The molecule has 5 heteroatoms. The van der Waals surface area contributed by atoms with Gasteiger partial charge in [-0.05, 0) is 67.3 Å². The Labute approximate surface area is 177 Å². The van der Waals surface area contributed by atoms with Gasteiger partial charge in [0, 0.05) is 54.8 Å². The molecule has 1 aliphatic carbocycles. The fourth-order valence-corrected chi connectivity index (χ4v) is 5.56. The molecular weight excluding hydrogens is 374 g/mol. The van der Waals surface area contributed by atoms with Gasteiger partial charge < -0.3 is 19.5 Å². The van der Waals surface area contributed by atoms with Crippen LogP contribution in [0.1, 0.15) is 33.8 Å². The van der Waals surface area contributed by atoms with Gasteiger partial charge in [0.05, 0.1) is 7.11 Å². The zero-order chi connectivity index (χ0) is 20.8. The van der Waals surface area contributed by atoms with Crippen molar-refractivity contribution in [3.8, 4) is 5.75 Å². The van der Waals surface area contributed by atoms with E-state index >= 15 is 0 Å². The van der Waals surface area contributed by atoms with Crippen LogP contribution in [0.25, 0.3) is 10.9 Å². The molecule has 2 aromatic carbocycles. The molecule has 1 fully saturated rings. The number of hydrogen-bond acceptors (Lipinski definition) is 3. The number of aryl methyl sites for hydroxylation is 1. The molecule has 2 aliphatic rings. The second kappa shape index (κ2) is 7.47. The molecular formula is C25H29N3O2. The minimum absolute atomic E-state index is 0.0153. The highest BCUT2D eigenvalue weighted by Crippen LogP contribution is 2.44. The highest BCUT2D eigenvalue weighted by molar-refractivity contribution is 5.94. The van der Waals surface area contributed by atoms with Crippen molar-refractivity contribution < 1.29 is 9.53 Å². The van der Waals surface area contributed by atoms with Crippen LogP contribution in [0.15, 0.2) is 48.7 Å². The molecule has 0 radical (unpaired) electrons. The first-order valence-electron chi connectivity index (χ1n) is 10.7. The average Bonchev–Trinajstić information content (AvgIpc) is 3.09. The number of methoxy groups -OCH3 is 1. The lowest BCUT2D eigenvalue weighted by Gasteiger charge is -2.45. The van der Waals surface area contributed by atoms with Crippen molar-refractivity contribution in [2.24, 2.45) is 13.0 Å². The topological polar surface area (TPSA) is 46.5 Å². The lowest BCUT2D eigenvalue weighted by Crippen LogP contribution is -2.50. The van der Waals surface area contributed by atoms with Crippen LogP contribution in [0.4, 0.5) is 0 Å². The Hall–Kier alpha value is -2.79. The molecule has 1 aromatic heterocycles. The molecule has 5 nitrogen and oxygen atoms in total. The Bertz CT molecular complexity index is 1090. The highest BCUT2D eigenvalue weighted by Gasteiger charge is 2.39. The molecule has 0 unspecified atom stereocenters. The van der Waals surface area contributed by atoms with Crippen molar-refractivity contribution >= 4 is 16.8 Å². The van der Waals surface area contributed by atoms with Gasteiger partial charge in [-0.1, -0.05) is 12.1 Å². The predicted octanol–water partition coefficient (Wildman–Crippen LogP) is 3.58. The summed E-state index contributed by atoms with van der Waals surface area (Å²) < 4.78 is 7.44. The summed E-state index contributed by atoms with van der Waals surface area (Å²) in [4.78, 5) is 15.1. The summed E-state index contributed by atoms with van der Waals surface area (Å²) >= 11 is 0. The fraction of sp³-hybridized carbons (Fsp3) is 0.400. The first-order valence-corrected chi connectivity index (χ1v) is 10.7. The summed E-state index contributed by atoms with van der Waals surface area (Å²) in [5.74, 6) is 1.71. The first-order chi connectivity index (χ1) is 14.5. The molecule has 0 saturated carbocycles. The number of hydrogen-bond donors (Lipinski definition) is 1. The van der Waals surface area contributed by atoms with Crippen LogP contribution in [-0.2, 0) is 13.5 Å². The predicted molar refractivity (Wildman–Crippen MR) is 119 cm³/mol. The zero-order valence-corrected chi connectivity index (χ0v) is 17.9. The Morgan fingerprint density at radius 1 is 1.17 bits per heavy atom. The van der Waals surface area contributed by atoms with Crippen molar-refractivity contribution in [1.82, 2.24) is 14.8 Å². The fourth-order valence-electron chi connectivity index (χ4n) is 5.56. The van der Waals surface area contributed by atoms with Gasteiger partial charge >= 0.3 is 0 Å². The van der Waals surface area contributed by atoms with Crippen molar-refractivity contribution in [2.75, 3.05) is 27.2 Å². The molecule has 30 heavy (non-hydrogen) atoms. The van der Waals surface area contributed by atoms with Gasteiger partial charge in [-0.25, -0.2) is 0 Å². The van der Waals surface area contributed by atoms with Crippen molar-refractivity contribution in [3.05, 3.63) is 65.4 Å². The lowest BCUT2D eigenvalue weighted by molar-refractivity contribution is 0.0891. The SMILES string of the molecule is COc1ccc(C(=O)NC[C@@H]2C[C@@H]3c4cccc5c4c(cn5C)C[C@H]3N(C)C2)cc1. The van der Waals surface area contributed by atoms with Crippen LogP contribution in [0, 0.1) is 5.92 Å². The Morgan fingerprint density at radius 2 is 1.97 bits per heavy atom. The molecule has 0 bridgehead atoms. The normalized spacial score (nSPS) is 23.2. The van der Waals surface area contributed by atoms with Crippen molar-refractivity contribution in [3.63, 3.8) is 0 Å². The average molecular weight is 404 g/mol. The first kappa shape index (κ1) is 19.2. The third-order valence-corrected chi connectivity index (χ3v) is 7.02. The maximum atomic E-state index is 12.6. The minimum Gasteiger partial charge on any atom is -0.497 e. The third kappa shape index (κ3) is 3.18. The molecule has 3 atom stereocenters. The van der Waals surface area contributed by atoms with Gasteiger partial charge in [0.2, 0.25) is 0 Å². The summed E-state index contributed by atoms with van der Waals surface area (Å²) in [5.41, 5.74) is 4.97. The maximum Gasteiger partial charge on any atom is 0.251 e. The summed E-state index contributed by atoms with van der Waals surface area (Å²) in [6.45, 7) is 1.72. The number of ether oxygens (including phenoxy) is 1. The largest absolute Gasteiger partial charge is 0.497 e. The van der Waals surface area contributed by atoms with E-state index in [1.807, 2.05) is 24.3 Å². The van der Waals surface area contributed by atoms with Crippen LogP contribution in [0.2, 0.25) is 0 Å². The van der Waals surface area contributed by atoms with E-state index < -0.39 is 0 Å². The van der Waals surface area contributed by atoms with Crippen molar-refractivity contribution in [2.45, 2.75) is 24.8 Å². The summed E-state index contributed by atoms with van der Waals surface area (Å²) in [6.07, 6.45) is 4.53. The number of benzene rings is 2. The van der Waals surface area contributed by atoms with Crippen LogP contribution in [-0.4, -0.2) is 48.7 Å². The van der Waals surface area contributed by atoms with Gasteiger partial charge in [0.15, 0.2) is 0 Å². The van der Waals surface area contributed by atoms with Crippen LogP contribution in [0.3, 0.4) is 0 Å².